The van der Waals surface area contributed by atoms with Crippen LogP contribution in [0.15, 0.2) is 65.5 Å². The zero-order chi connectivity index (χ0) is 13.9. The van der Waals surface area contributed by atoms with Gasteiger partial charge in [0.15, 0.2) is 0 Å². The highest BCUT2D eigenvalue weighted by molar-refractivity contribution is 5.82. The minimum Gasteiger partial charge on any atom is -0.406 e. The first kappa shape index (κ1) is 12.5. The standard InChI is InChI=1S/C17H15NO2/c1-13-5-4-8-17(19)18(13)20-12-14-9-10-15-6-2-3-7-16(15)11-14/h2-11H,12H2,1H3. The lowest BCUT2D eigenvalue weighted by Gasteiger charge is -2.11. The second-order valence-electron chi connectivity index (χ2n) is 4.75. The summed E-state index contributed by atoms with van der Waals surface area (Å²) in [6.07, 6.45) is 0. The van der Waals surface area contributed by atoms with Crippen LogP contribution in [0, 0.1) is 6.92 Å². The first-order chi connectivity index (χ1) is 9.74. The van der Waals surface area contributed by atoms with Gasteiger partial charge in [0.25, 0.3) is 5.56 Å². The van der Waals surface area contributed by atoms with Crippen LogP contribution in [0.2, 0.25) is 0 Å². The lowest BCUT2D eigenvalue weighted by molar-refractivity contribution is 0.0846. The van der Waals surface area contributed by atoms with Crippen LogP contribution in [0.4, 0.5) is 0 Å². The van der Waals surface area contributed by atoms with E-state index in [4.69, 9.17) is 4.84 Å². The predicted molar refractivity (Wildman–Crippen MR) is 79.7 cm³/mol. The van der Waals surface area contributed by atoms with Gasteiger partial charge in [-0.05, 0) is 35.4 Å². The number of benzene rings is 2. The summed E-state index contributed by atoms with van der Waals surface area (Å²) >= 11 is 0. The molecular weight excluding hydrogens is 250 g/mol. The van der Waals surface area contributed by atoms with Crippen molar-refractivity contribution in [2.24, 2.45) is 0 Å². The van der Waals surface area contributed by atoms with E-state index in [9.17, 15) is 4.79 Å². The molecule has 3 heteroatoms. The molecule has 0 aliphatic rings. The Morgan fingerprint density at radius 2 is 1.75 bits per heavy atom. The summed E-state index contributed by atoms with van der Waals surface area (Å²) in [6.45, 7) is 2.22. The molecule has 0 saturated carbocycles. The summed E-state index contributed by atoms with van der Waals surface area (Å²) in [4.78, 5) is 17.3. The summed E-state index contributed by atoms with van der Waals surface area (Å²) in [6, 6.07) is 19.4. The van der Waals surface area contributed by atoms with Crippen molar-refractivity contribution < 1.29 is 4.84 Å². The molecule has 0 amide bonds. The summed E-state index contributed by atoms with van der Waals surface area (Å²) in [5.74, 6) is 0. The SMILES string of the molecule is Cc1cccc(=O)n1OCc1ccc2ccccc2c1. The molecule has 0 aliphatic carbocycles. The van der Waals surface area contributed by atoms with E-state index >= 15 is 0 Å². The number of aromatic nitrogens is 1. The van der Waals surface area contributed by atoms with E-state index in [2.05, 4.69) is 24.3 Å². The number of rotatable bonds is 3. The fraction of sp³-hybridized carbons (Fsp3) is 0.118. The monoisotopic (exact) mass is 265 g/mol. The number of hydrogen-bond donors (Lipinski definition) is 0. The lowest BCUT2D eigenvalue weighted by Crippen LogP contribution is -2.27. The van der Waals surface area contributed by atoms with E-state index < -0.39 is 0 Å². The largest absolute Gasteiger partial charge is 0.406 e. The van der Waals surface area contributed by atoms with Crippen LogP contribution < -0.4 is 10.4 Å². The van der Waals surface area contributed by atoms with Crippen molar-refractivity contribution in [1.82, 2.24) is 4.73 Å². The van der Waals surface area contributed by atoms with E-state index in [0.29, 0.717) is 6.61 Å². The van der Waals surface area contributed by atoms with Gasteiger partial charge in [0, 0.05) is 6.07 Å². The maximum Gasteiger partial charge on any atom is 0.283 e. The lowest BCUT2D eigenvalue weighted by atomic mass is 10.1. The third kappa shape index (κ3) is 2.43. The summed E-state index contributed by atoms with van der Waals surface area (Å²) < 4.78 is 1.33. The smallest absolute Gasteiger partial charge is 0.283 e. The van der Waals surface area contributed by atoms with E-state index in [1.54, 1.807) is 6.07 Å². The maximum atomic E-state index is 11.7. The van der Waals surface area contributed by atoms with Gasteiger partial charge in [-0.1, -0.05) is 42.5 Å². The molecule has 0 bridgehead atoms. The molecule has 0 aliphatic heterocycles. The molecule has 0 fully saturated rings. The van der Waals surface area contributed by atoms with Gasteiger partial charge in [-0.2, -0.15) is 0 Å². The molecule has 0 unspecified atom stereocenters. The molecule has 0 spiro atoms. The van der Waals surface area contributed by atoms with Crippen molar-refractivity contribution in [3.63, 3.8) is 0 Å². The Kier molecular flexibility index (Phi) is 3.25. The van der Waals surface area contributed by atoms with Gasteiger partial charge in [-0.25, -0.2) is 0 Å². The number of hydrogen-bond acceptors (Lipinski definition) is 2. The van der Waals surface area contributed by atoms with Crippen LogP contribution in [0.5, 0.6) is 0 Å². The molecule has 3 rings (SSSR count). The highest BCUT2D eigenvalue weighted by Crippen LogP contribution is 2.15. The van der Waals surface area contributed by atoms with Gasteiger partial charge in [-0.3, -0.25) is 4.79 Å². The molecule has 1 heterocycles. The Morgan fingerprint density at radius 1 is 0.950 bits per heavy atom. The van der Waals surface area contributed by atoms with E-state index in [1.165, 1.54) is 21.6 Å². The Morgan fingerprint density at radius 3 is 2.55 bits per heavy atom. The van der Waals surface area contributed by atoms with Crippen molar-refractivity contribution in [2.45, 2.75) is 13.5 Å². The van der Waals surface area contributed by atoms with Gasteiger partial charge in [0.1, 0.15) is 6.61 Å². The summed E-state index contributed by atoms with van der Waals surface area (Å²) in [5, 5.41) is 2.37. The Labute approximate surface area is 117 Å². The fourth-order valence-corrected chi connectivity index (χ4v) is 2.21. The quantitative estimate of drug-likeness (QED) is 0.729. The van der Waals surface area contributed by atoms with E-state index in [-0.39, 0.29) is 5.56 Å². The number of fused-ring (bicyclic) bond motifs is 1. The minimum atomic E-state index is -0.147. The zero-order valence-electron chi connectivity index (χ0n) is 11.2. The van der Waals surface area contributed by atoms with Crippen molar-refractivity contribution in [1.29, 1.82) is 0 Å². The average molecular weight is 265 g/mol. The first-order valence-corrected chi connectivity index (χ1v) is 6.54. The minimum absolute atomic E-state index is 0.147. The second-order valence-corrected chi connectivity index (χ2v) is 4.75. The normalized spacial score (nSPS) is 10.7. The van der Waals surface area contributed by atoms with Crippen molar-refractivity contribution >= 4 is 10.8 Å². The number of aryl methyl sites for hydroxylation is 1. The molecule has 0 saturated heterocycles. The van der Waals surface area contributed by atoms with Gasteiger partial charge in [0.2, 0.25) is 0 Å². The molecule has 0 N–H and O–H groups in total. The van der Waals surface area contributed by atoms with Gasteiger partial charge >= 0.3 is 0 Å². The highest BCUT2D eigenvalue weighted by atomic mass is 16.7. The Hall–Kier alpha value is -2.55. The molecule has 1 aromatic heterocycles. The third-order valence-corrected chi connectivity index (χ3v) is 3.27. The van der Waals surface area contributed by atoms with Crippen molar-refractivity contribution in [3.8, 4) is 0 Å². The van der Waals surface area contributed by atoms with Crippen LogP contribution in [-0.4, -0.2) is 4.73 Å². The van der Waals surface area contributed by atoms with Crippen molar-refractivity contribution in [2.75, 3.05) is 0 Å². The molecule has 2 aromatic carbocycles. The summed E-state index contributed by atoms with van der Waals surface area (Å²) in [7, 11) is 0. The van der Waals surface area contributed by atoms with Crippen LogP contribution in [-0.2, 0) is 6.61 Å². The van der Waals surface area contributed by atoms with Gasteiger partial charge in [-0.15, -0.1) is 4.73 Å². The molecule has 0 atom stereocenters. The number of pyridine rings is 1. The highest BCUT2D eigenvalue weighted by Gasteiger charge is 2.01. The topological polar surface area (TPSA) is 31.2 Å². The molecule has 0 radical (unpaired) electrons. The third-order valence-electron chi connectivity index (χ3n) is 3.27. The average Bonchev–Trinajstić information content (AvgIpc) is 2.46. The van der Waals surface area contributed by atoms with Crippen LogP contribution in [0.3, 0.4) is 0 Å². The molecule has 3 aromatic rings. The van der Waals surface area contributed by atoms with E-state index in [1.807, 2.05) is 31.2 Å². The van der Waals surface area contributed by atoms with Gasteiger partial charge in [0.05, 0.1) is 5.69 Å². The Balaban J connectivity index is 1.85. The Bertz CT molecular complexity index is 805. The predicted octanol–water partition coefficient (Wildman–Crippen LogP) is 2.94. The fourth-order valence-electron chi connectivity index (χ4n) is 2.21. The molecule has 100 valence electrons. The van der Waals surface area contributed by atoms with Crippen LogP contribution in [0.1, 0.15) is 11.3 Å². The summed E-state index contributed by atoms with van der Waals surface area (Å²) in [5.41, 5.74) is 1.68. The van der Waals surface area contributed by atoms with E-state index in [0.717, 1.165) is 11.3 Å². The second kappa shape index (κ2) is 5.21. The molecular formula is C17H15NO2. The molecule has 3 nitrogen and oxygen atoms in total. The van der Waals surface area contributed by atoms with Crippen LogP contribution in [0.25, 0.3) is 10.8 Å². The molecule has 20 heavy (non-hydrogen) atoms. The van der Waals surface area contributed by atoms with Crippen LogP contribution >= 0.6 is 0 Å². The zero-order valence-corrected chi connectivity index (χ0v) is 11.2. The maximum absolute atomic E-state index is 11.7. The first-order valence-electron chi connectivity index (χ1n) is 6.54. The number of nitrogens with zero attached hydrogens (tertiary/aromatic N) is 1. The van der Waals surface area contributed by atoms with Gasteiger partial charge < -0.3 is 4.84 Å². The van der Waals surface area contributed by atoms with Crippen molar-refractivity contribution in [3.05, 3.63) is 82.3 Å².